The van der Waals surface area contributed by atoms with E-state index in [0.29, 0.717) is 23.7 Å². The smallest absolute Gasteiger partial charge is 0.284 e. The molecule has 5 nitrogen and oxygen atoms in total. The van der Waals surface area contributed by atoms with Crippen LogP contribution in [0.15, 0.2) is 9.22 Å². The molecule has 0 saturated carbocycles. The van der Waals surface area contributed by atoms with Gasteiger partial charge in [-0.1, -0.05) is 0 Å². The Morgan fingerprint density at radius 2 is 2.42 bits per heavy atom. The number of carbonyl (C=O) groups is 1. The van der Waals surface area contributed by atoms with Crippen molar-refractivity contribution in [3.8, 4) is 0 Å². The number of amides is 1. The summed E-state index contributed by atoms with van der Waals surface area (Å²) in [4.78, 5) is 10.8. The number of halogens is 1. The Hall–Kier alpha value is -0.910. The topological polar surface area (TPSA) is 68.0 Å². The number of nitrogens with one attached hydrogen (secondary N) is 1. The zero-order chi connectivity index (χ0) is 8.97. The molecular formula is C6H8BrN3O2. The fraction of sp³-hybridized carbons (Fsp3) is 0.500. The fourth-order valence-electron chi connectivity index (χ4n) is 0.680. The first-order chi connectivity index (χ1) is 5.68. The monoisotopic (exact) mass is 233 g/mol. The summed E-state index contributed by atoms with van der Waals surface area (Å²) >= 11 is 3.03. The molecule has 0 radical (unpaired) electrons. The van der Waals surface area contributed by atoms with Crippen LogP contribution in [0, 0.1) is 0 Å². The van der Waals surface area contributed by atoms with Crippen LogP contribution in [0.3, 0.4) is 0 Å². The molecule has 12 heavy (non-hydrogen) atoms. The average Bonchev–Trinajstić information content (AvgIpc) is 2.35. The van der Waals surface area contributed by atoms with E-state index in [4.69, 9.17) is 4.42 Å². The van der Waals surface area contributed by atoms with Crippen LogP contribution in [-0.2, 0) is 11.2 Å². The molecule has 0 bridgehead atoms. The van der Waals surface area contributed by atoms with Crippen LogP contribution >= 0.6 is 15.9 Å². The van der Waals surface area contributed by atoms with Gasteiger partial charge in [-0.3, -0.25) is 4.79 Å². The van der Waals surface area contributed by atoms with Crippen LogP contribution in [0.25, 0.3) is 0 Å². The average molecular weight is 234 g/mol. The van der Waals surface area contributed by atoms with Crippen LogP contribution in [0.4, 0.5) is 0 Å². The Bertz CT molecular complexity index is 274. The molecule has 0 aliphatic carbocycles. The largest absolute Gasteiger partial charge is 0.416 e. The quantitative estimate of drug-likeness (QED) is 0.827. The number of aromatic nitrogens is 2. The minimum Gasteiger partial charge on any atom is -0.416 e. The molecule has 0 fully saturated rings. The predicted molar refractivity (Wildman–Crippen MR) is 44.4 cm³/mol. The molecule has 1 N–H and O–H groups in total. The summed E-state index contributed by atoms with van der Waals surface area (Å²) < 4.78 is 5.01. The van der Waals surface area contributed by atoms with Crippen molar-refractivity contribution in [1.29, 1.82) is 0 Å². The van der Waals surface area contributed by atoms with Crippen molar-refractivity contribution in [3.05, 3.63) is 10.7 Å². The van der Waals surface area contributed by atoms with Crippen molar-refractivity contribution < 1.29 is 9.21 Å². The first-order valence-electron chi connectivity index (χ1n) is 3.41. The molecule has 0 unspecified atom stereocenters. The normalized spacial score (nSPS) is 9.83. The van der Waals surface area contributed by atoms with E-state index < -0.39 is 0 Å². The van der Waals surface area contributed by atoms with Gasteiger partial charge in [0.15, 0.2) is 0 Å². The SMILES string of the molecule is CC(=O)NCCc1nnc(Br)o1. The molecule has 1 aromatic heterocycles. The lowest BCUT2D eigenvalue weighted by molar-refractivity contribution is -0.118. The zero-order valence-corrected chi connectivity index (χ0v) is 8.09. The second-order valence-corrected chi connectivity index (χ2v) is 2.86. The van der Waals surface area contributed by atoms with Crippen molar-refractivity contribution in [1.82, 2.24) is 15.5 Å². The zero-order valence-electron chi connectivity index (χ0n) is 6.50. The first kappa shape index (κ1) is 9.18. The highest BCUT2D eigenvalue weighted by Gasteiger charge is 2.02. The van der Waals surface area contributed by atoms with E-state index in [9.17, 15) is 4.79 Å². The number of hydrogen-bond donors (Lipinski definition) is 1. The summed E-state index contributed by atoms with van der Waals surface area (Å²) in [5.41, 5.74) is 0. The van der Waals surface area contributed by atoms with Crippen molar-refractivity contribution in [2.45, 2.75) is 13.3 Å². The first-order valence-corrected chi connectivity index (χ1v) is 4.20. The molecule has 1 amide bonds. The highest BCUT2D eigenvalue weighted by atomic mass is 79.9. The standard InChI is InChI=1S/C6H8BrN3O2/c1-4(11)8-3-2-5-9-10-6(7)12-5/h2-3H2,1H3,(H,8,11). The van der Waals surface area contributed by atoms with Crippen LogP contribution in [-0.4, -0.2) is 22.6 Å². The van der Waals surface area contributed by atoms with E-state index in [1.54, 1.807) is 0 Å². The molecule has 0 aliphatic rings. The van der Waals surface area contributed by atoms with Gasteiger partial charge in [0.25, 0.3) is 4.80 Å². The lowest BCUT2D eigenvalue weighted by Gasteiger charge is -1.96. The Balaban J connectivity index is 2.29. The second kappa shape index (κ2) is 4.20. The molecular weight excluding hydrogens is 226 g/mol. The van der Waals surface area contributed by atoms with Gasteiger partial charge in [-0.2, -0.15) is 0 Å². The van der Waals surface area contributed by atoms with E-state index in [1.807, 2.05) is 0 Å². The maximum atomic E-state index is 10.5. The molecule has 1 rings (SSSR count). The van der Waals surface area contributed by atoms with Gasteiger partial charge in [-0.05, 0) is 0 Å². The Morgan fingerprint density at radius 3 is 2.92 bits per heavy atom. The molecule has 1 aromatic rings. The Kier molecular flexibility index (Phi) is 3.21. The lowest BCUT2D eigenvalue weighted by atomic mass is 10.4. The van der Waals surface area contributed by atoms with Gasteiger partial charge in [0.1, 0.15) is 0 Å². The fourth-order valence-corrected chi connectivity index (χ4v) is 0.946. The summed E-state index contributed by atoms with van der Waals surface area (Å²) in [7, 11) is 0. The Labute approximate surface area is 77.7 Å². The van der Waals surface area contributed by atoms with Crippen molar-refractivity contribution in [3.63, 3.8) is 0 Å². The van der Waals surface area contributed by atoms with Gasteiger partial charge >= 0.3 is 0 Å². The van der Waals surface area contributed by atoms with Gasteiger partial charge in [0, 0.05) is 35.8 Å². The summed E-state index contributed by atoms with van der Waals surface area (Å²) in [6.45, 7) is 1.98. The van der Waals surface area contributed by atoms with Gasteiger partial charge < -0.3 is 9.73 Å². The molecule has 1 heterocycles. The highest BCUT2D eigenvalue weighted by molar-refractivity contribution is 9.10. The third kappa shape index (κ3) is 3.00. The second-order valence-electron chi connectivity index (χ2n) is 2.18. The van der Waals surface area contributed by atoms with Gasteiger partial charge in [-0.25, -0.2) is 0 Å². The third-order valence-corrected chi connectivity index (χ3v) is 1.48. The van der Waals surface area contributed by atoms with E-state index in [2.05, 4.69) is 31.4 Å². The number of rotatable bonds is 3. The van der Waals surface area contributed by atoms with Crippen LogP contribution in [0.2, 0.25) is 0 Å². The predicted octanol–water partition coefficient (Wildman–Crippen LogP) is 0.511. The number of nitrogens with zero attached hydrogens (tertiary/aromatic N) is 2. The van der Waals surface area contributed by atoms with E-state index in [0.717, 1.165) is 0 Å². The van der Waals surface area contributed by atoms with Gasteiger partial charge in [0.2, 0.25) is 11.8 Å². The maximum Gasteiger partial charge on any atom is 0.284 e. The van der Waals surface area contributed by atoms with Crippen LogP contribution in [0.5, 0.6) is 0 Å². The minimum atomic E-state index is -0.0615. The number of carbonyl (C=O) groups excluding carboxylic acids is 1. The van der Waals surface area contributed by atoms with E-state index in [-0.39, 0.29) is 5.91 Å². The summed E-state index contributed by atoms with van der Waals surface area (Å²) in [5.74, 6) is 0.448. The van der Waals surface area contributed by atoms with Gasteiger partial charge in [-0.15, -0.1) is 10.2 Å². The molecule has 6 heteroatoms. The summed E-state index contributed by atoms with van der Waals surface area (Å²) in [5, 5.41) is 9.92. The maximum absolute atomic E-state index is 10.5. The summed E-state index contributed by atoms with van der Waals surface area (Å²) in [6, 6.07) is 0. The molecule has 0 aliphatic heterocycles. The van der Waals surface area contributed by atoms with Crippen molar-refractivity contribution in [2.24, 2.45) is 0 Å². The number of hydrogen-bond acceptors (Lipinski definition) is 4. The third-order valence-electron chi connectivity index (χ3n) is 1.15. The molecule has 66 valence electrons. The Morgan fingerprint density at radius 1 is 1.67 bits per heavy atom. The molecule has 0 atom stereocenters. The van der Waals surface area contributed by atoms with Gasteiger partial charge in [0.05, 0.1) is 0 Å². The minimum absolute atomic E-state index is 0.0615. The summed E-state index contributed by atoms with van der Waals surface area (Å²) in [6.07, 6.45) is 0.554. The molecule has 0 aromatic carbocycles. The highest BCUT2D eigenvalue weighted by Crippen LogP contribution is 2.06. The molecule has 0 saturated heterocycles. The van der Waals surface area contributed by atoms with Crippen molar-refractivity contribution >= 4 is 21.8 Å². The van der Waals surface area contributed by atoms with E-state index in [1.165, 1.54) is 6.92 Å². The van der Waals surface area contributed by atoms with Crippen molar-refractivity contribution in [2.75, 3.05) is 6.54 Å². The van der Waals surface area contributed by atoms with Crippen LogP contribution < -0.4 is 5.32 Å². The van der Waals surface area contributed by atoms with Crippen LogP contribution in [0.1, 0.15) is 12.8 Å². The van der Waals surface area contributed by atoms with E-state index >= 15 is 0 Å². The molecule has 0 spiro atoms. The lowest BCUT2D eigenvalue weighted by Crippen LogP contribution is -2.22.